The van der Waals surface area contributed by atoms with Crippen LogP contribution in [0.1, 0.15) is 36.7 Å². The summed E-state index contributed by atoms with van der Waals surface area (Å²) >= 11 is 0. The van der Waals surface area contributed by atoms with E-state index in [1.165, 1.54) is 19.2 Å². The quantitative estimate of drug-likeness (QED) is 0.361. The van der Waals surface area contributed by atoms with Crippen molar-refractivity contribution in [1.29, 1.82) is 0 Å². The van der Waals surface area contributed by atoms with Crippen LogP contribution in [0.5, 0.6) is 0 Å². The molecule has 1 heterocycles. The predicted molar refractivity (Wildman–Crippen MR) is 142 cm³/mol. The highest BCUT2D eigenvalue weighted by molar-refractivity contribution is 6.74. The van der Waals surface area contributed by atoms with Crippen LogP contribution in [0.15, 0.2) is 60.7 Å². The van der Waals surface area contributed by atoms with E-state index in [2.05, 4.69) is 5.32 Å². The van der Waals surface area contributed by atoms with Crippen LogP contribution < -0.4 is 5.32 Å². The van der Waals surface area contributed by atoms with Crippen molar-refractivity contribution in [3.05, 3.63) is 71.8 Å². The molecule has 0 aromatic heterocycles. The fourth-order valence-electron chi connectivity index (χ4n) is 4.39. The number of benzene rings is 2. The highest BCUT2D eigenvalue weighted by Crippen LogP contribution is 2.42. The molecule has 0 spiro atoms. The van der Waals surface area contributed by atoms with Crippen molar-refractivity contribution < 1.29 is 31.9 Å². The molecule has 0 bridgehead atoms. The lowest BCUT2D eigenvalue weighted by molar-refractivity contribution is -0.178. The summed E-state index contributed by atoms with van der Waals surface area (Å²) in [6.45, 7) is 9.37. The van der Waals surface area contributed by atoms with Crippen LogP contribution in [-0.4, -0.2) is 69.0 Å². The minimum Gasteiger partial charge on any atom is -0.454 e. The summed E-state index contributed by atoms with van der Waals surface area (Å²) in [5.74, 6) is -1.62. The van der Waals surface area contributed by atoms with Gasteiger partial charge in [-0.15, -0.1) is 0 Å². The van der Waals surface area contributed by atoms with Gasteiger partial charge < -0.3 is 14.5 Å². The van der Waals surface area contributed by atoms with Crippen LogP contribution in [0.25, 0.3) is 0 Å². The molecule has 208 valence electrons. The van der Waals surface area contributed by atoms with E-state index in [9.17, 15) is 18.4 Å². The van der Waals surface area contributed by atoms with E-state index in [0.29, 0.717) is 5.56 Å². The molecule has 5 atom stereocenters. The zero-order valence-corrected chi connectivity index (χ0v) is 23.7. The van der Waals surface area contributed by atoms with Gasteiger partial charge in [-0.05, 0) is 35.8 Å². The van der Waals surface area contributed by atoms with E-state index in [4.69, 9.17) is 9.16 Å². The average Bonchev–Trinajstić information content (AvgIpc) is 2.86. The molecule has 3 rings (SSSR count). The Hall–Kier alpha value is -2.69. The molecule has 1 saturated heterocycles. The maximum absolute atomic E-state index is 16.5. The van der Waals surface area contributed by atoms with Gasteiger partial charge in [-0.2, -0.15) is 0 Å². The van der Waals surface area contributed by atoms with Gasteiger partial charge in [0.1, 0.15) is 18.2 Å². The zero-order valence-electron chi connectivity index (χ0n) is 22.7. The van der Waals surface area contributed by atoms with Gasteiger partial charge in [-0.25, -0.2) is 18.0 Å². The molecule has 10 heteroatoms. The molecule has 1 fully saturated rings. The largest absolute Gasteiger partial charge is 0.454 e. The second-order valence-corrected chi connectivity index (χ2v) is 15.8. The van der Waals surface area contributed by atoms with Gasteiger partial charge in [0.2, 0.25) is 5.91 Å². The molecule has 1 aliphatic heterocycles. The number of carbonyl (C=O) groups is 2. The van der Waals surface area contributed by atoms with Crippen molar-refractivity contribution in [2.24, 2.45) is 0 Å². The lowest BCUT2D eigenvalue weighted by Gasteiger charge is -2.52. The molecule has 0 aliphatic carbocycles. The van der Waals surface area contributed by atoms with E-state index in [0.717, 1.165) is 4.90 Å². The number of nitrogens with zero attached hydrogens (tertiary/aromatic N) is 1. The normalized spacial score (nSPS) is 24.7. The third-order valence-electron chi connectivity index (χ3n) is 7.49. The fraction of sp³-hybridized carbons (Fsp3) is 0.500. The highest BCUT2D eigenvalue weighted by atomic mass is 28.4. The number of carbonyl (C=O) groups excluding carboxylic acids is 2. The Morgan fingerprint density at radius 1 is 1.00 bits per heavy atom. The molecule has 0 unspecified atom stereocenters. The van der Waals surface area contributed by atoms with Crippen molar-refractivity contribution in [1.82, 2.24) is 10.2 Å². The first-order chi connectivity index (χ1) is 17.8. The zero-order chi connectivity index (χ0) is 28.3. The summed E-state index contributed by atoms with van der Waals surface area (Å²) in [4.78, 5) is 27.2. The number of nitrogens with one attached hydrogen (secondary N) is 1. The minimum atomic E-state index is -3.07. The van der Waals surface area contributed by atoms with Gasteiger partial charge in [-0.1, -0.05) is 69.3 Å². The van der Waals surface area contributed by atoms with Crippen LogP contribution >= 0.6 is 0 Å². The molecule has 0 radical (unpaired) electrons. The smallest absolute Gasteiger partial charge is 0.338 e. The van der Waals surface area contributed by atoms with Crippen molar-refractivity contribution in [2.75, 3.05) is 7.05 Å². The molecule has 38 heavy (non-hydrogen) atoms. The van der Waals surface area contributed by atoms with E-state index in [1.807, 2.05) is 33.9 Å². The van der Waals surface area contributed by atoms with E-state index in [1.54, 1.807) is 48.5 Å². The maximum Gasteiger partial charge on any atom is 0.338 e. The van der Waals surface area contributed by atoms with Gasteiger partial charge >= 0.3 is 5.97 Å². The SMILES string of the molecule is CNC(=O)[C@@H]1[C@@H](F)[C@@H](O[Si](C)(C)C(C)(C)C)[C@H](OC(=O)c2ccccc2)[C@@H](C(F)F)N1Cc1ccccc1. The summed E-state index contributed by atoms with van der Waals surface area (Å²) in [6, 6.07) is 13.2. The fourth-order valence-corrected chi connectivity index (χ4v) is 5.69. The molecular formula is C28H37F3N2O4Si. The summed E-state index contributed by atoms with van der Waals surface area (Å²) in [5.41, 5.74) is 0.751. The van der Waals surface area contributed by atoms with Crippen LogP contribution in [0.2, 0.25) is 18.1 Å². The highest BCUT2D eigenvalue weighted by Gasteiger charge is 2.59. The molecule has 1 aliphatic rings. The second-order valence-electron chi connectivity index (χ2n) is 11.1. The predicted octanol–water partition coefficient (Wildman–Crippen LogP) is 5.20. The lowest BCUT2D eigenvalue weighted by Crippen LogP contribution is -2.72. The Morgan fingerprint density at radius 2 is 1.55 bits per heavy atom. The number of likely N-dealkylation sites (tertiary alicyclic amines) is 1. The number of halogens is 3. The summed E-state index contributed by atoms with van der Waals surface area (Å²) < 4.78 is 58.5. The first-order valence-corrected chi connectivity index (χ1v) is 15.6. The number of alkyl halides is 3. The van der Waals surface area contributed by atoms with Crippen molar-refractivity contribution in [3.63, 3.8) is 0 Å². The van der Waals surface area contributed by atoms with Crippen LogP contribution in [0, 0.1) is 0 Å². The van der Waals surface area contributed by atoms with Crippen molar-refractivity contribution in [3.8, 4) is 0 Å². The van der Waals surface area contributed by atoms with E-state index < -0.39 is 62.1 Å². The number of rotatable bonds is 8. The monoisotopic (exact) mass is 550 g/mol. The molecule has 2 aromatic carbocycles. The van der Waals surface area contributed by atoms with Crippen molar-refractivity contribution in [2.45, 2.75) is 82.3 Å². The standard InChI is InChI=1S/C28H37F3N2O4Si/c1-28(2,3)38(5,6)37-23-20(29)21(26(34)32-4)33(17-18-13-9-7-10-14-18)22(25(30)31)24(23)36-27(35)19-15-11-8-12-16-19/h7-16,20-25H,17H2,1-6H3,(H,32,34)/t20-,21+,22+,23-,24-/m1/s1. The number of hydrogen-bond donors (Lipinski definition) is 1. The topological polar surface area (TPSA) is 67.9 Å². The second kappa shape index (κ2) is 12.0. The summed E-state index contributed by atoms with van der Waals surface area (Å²) in [6.07, 6.45) is -8.36. The Morgan fingerprint density at radius 3 is 2.05 bits per heavy atom. The molecular weight excluding hydrogens is 513 g/mol. The summed E-state index contributed by atoms with van der Waals surface area (Å²) in [5, 5.41) is 2.02. The lowest BCUT2D eigenvalue weighted by atomic mass is 9.87. The number of piperidine rings is 1. The minimum absolute atomic E-state index is 0.144. The molecule has 0 saturated carbocycles. The third kappa shape index (κ3) is 6.47. The van der Waals surface area contributed by atoms with Gasteiger partial charge in [0.15, 0.2) is 20.6 Å². The van der Waals surface area contributed by atoms with E-state index in [-0.39, 0.29) is 12.1 Å². The number of amides is 1. The van der Waals surface area contributed by atoms with Gasteiger partial charge in [0.25, 0.3) is 6.43 Å². The first-order valence-electron chi connectivity index (χ1n) is 12.7. The molecule has 6 nitrogen and oxygen atoms in total. The number of hydrogen-bond acceptors (Lipinski definition) is 5. The van der Waals surface area contributed by atoms with Gasteiger partial charge in [-0.3, -0.25) is 9.69 Å². The molecule has 1 amide bonds. The summed E-state index contributed by atoms with van der Waals surface area (Å²) in [7, 11) is -1.44. The Bertz CT molecular complexity index is 1080. The van der Waals surface area contributed by atoms with Crippen molar-refractivity contribution >= 4 is 20.2 Å². The first kappa shape index (κ1) is 29.9. The Kier molecular flexibility index (Phi) is 9.43. The van der Waals surface area contributed by atoms with E-state index >= 15 is 4.39 Å². The number of likely N-dealkylation sites (N-methyl/N-ethyl adjacent to an activating group) is 1. The van der Waals surface area contributed by atoms with Crippen LogP contribution in [0.3, 0.4) is 0 Å². The van der Waals surface area contributed by atoms with Crippen LogP contribution in [-0.2, 0) is 20.5 Å². The number of ether oxygens (including phenoxy) is 1. The molecule has 2 aromatic rings. The third-order valence-corrected chi connectivity index (χ3v) is 12.0. The Labute approximate surface area is 223 Å². The van der Waals surface area contributed by atoms with Crippen LogP contribution in [0.4, 0.5) is 13.2 Å². The molecule has 1 N–H and O–H groups in total. The maximum atomic E-state index is 16.5. The Balaban J connectivity index is 2.14. The van der Waals surface area contributed by atoms with Gasteiger partial charge in [0.05, 0.1) is 5.56 Å². The average molecular weight is 551 g/mol. The number of esters is 1. The van der Waals surface area contributed by atoms with Gasteiger partial charge in [0, 0.05) is 13.6 Å².